The van der Waals surface area contributed by atoms with Gasteiger partial charge >= 0.3 is 0 Å². The van der Waals surface area contributed by atoms with Gasteiger partial charge in [-0.25, -0.2) is 0 Å². The Kier molecular flexibility index (Phi) is 6.42. The highest BCUT2D eigenvalue weighted by Crippen LogP contribution is 2.22. The fraction of sp³-hybridized carbons (Fsp3) is 0.455. The van der Waals surface area contributed by atoms with Crippen LogP contribution in [0.15, 0.2) is 36.3 Å². The van der Waals surface area contributed by atoms with Crippen LogP contribution in [0, 0.1) is 0 Å². The molecule has 0 bridgehead atoms. The summed E-state index contributed by atoms with van der Waals surface area (Å²) < 4.78 is 35.6. The van der Waals surface area contributed by atoms with Crippen molar-refractivity contribution in [1.29, 1.82) is 0 Å². The van der Waals surface area contributed by atoms with Gasteiger partial charge in [0.15, 0.2) is 11.5 Å². The maximum Gasteiger partial charge on any atom is 0.203 e. The predicted octanol–water partition coefficient (Wildman–Crippen LogP) is 3.63. The van der Waals surface area contributed by atoms with E-state index < -0.39 is 11.7 Å². The van der Waals surface area contributed by atoms with Gasteiger partial charge in [-0.1, -0.05) is 26.5 Å². The second kappa shape index (κ2) is 7.04. The fourth-order valence-corrected chi connectivity index (χ4v) is 0.737. The van der Waals surface area contributed by atoms with Crippen molar-refractivity contribution >= 4 is 0 Å². The van der Waals surface area contributed by atoms with Gasteiger partial charge in [0.2, 0.25) is 11.7 Å². The first-order valence-corrected chi connectivity index (χ1v) is 4.65. The second-order valence-electron chi connectivity index (χ2n) is 2.88. The molecule has 0 saturated carbocycles. The molecule has 0 fully saturated rings. The van der Waals surface area contributed by atoms with E-state index in [1.54, 1.807) is 0 Å². The first-order valence-electron chi connectivity index (χ1n) is 4.65. The molecule has 0 spiro atoms. The molecule has 0 heterocycles. The number of allylic oxidation sites excluding steroid dienone is 2. The molecule has 0 saturated heterocycles. The van der Waals surface area contributed by atoms with Crippen molar-refractivity contribution in [2.24, 2.45) is 0 Å². The van der Waals surface area contributed by atoms with Crippen LogP contribution >= 0.6 is 0 Å². The highest BCUT2D eigenvalue weighted by atomic mass is 19.2. The van der Waals surface area contributed by atoms with Crippen molar-refractivity contribution in [3.63, 3.8) is 0 Å². The van der Waals surface area contributed by atoms with E-state index in [1.807, 2.05) is 6.92 Å². The third kappa shape index (κ3) is 4.63. The van der Waals surface area contributed by atoms with Crippen LogP contribution in [0.3, 0.4) is 0 Å². The molecule has 0 N–H and O–H groups in total. The summed E-state index contributed by atoms with van der Waals surface area (Å²) in [4.78, 5) is 0. The summed E-state index contributed by atoms with van der Waals surface area (Å²) in [6.45, 7) is 8.73. The van der Waals surface area contributed by atoms with Crippen molar-refractivity contribution < 1.29 is 18.3 Å². The van der Waals surface area contributed by atoms with E-state index in [0.717, 1.165) is 12.8 Å². The Morgan fingerprint density at radius 2 is 1.67 bits per heavy atom. The minimum absolute atomic E-state index is 0.315. The quantitative estimate of drug-likeness (QED) is 0.369. The van der Waals surface area contributed by atoms with E-state index in [-0.39, 0.29) is 11.5 Å². The Morgan fingerprint density at radius 3 is 2.13 bits per heavy atom. The van der Waals surface area contributed by atoms with Gasteiger partial charge in [-0.3, -0.25) is 0 Å². The normalized spacial score (nSPS) is 11.7. The lowest BCUT2D eigenvalue weighted by Gasteiger charge is -2.08. The van der Waals surface area contributed by atoms with Crippen molar-refractivity contribution in [3.05, 3.63) is 36.3 Å². The molecule has 0 aromatic rings. The number of halogens is 2. The number of rotatable bonds is 7. The molecule has 0 aliphatic heterocycles. The molecule has 0 aliphatic rings. The molecule has 0 unspecified atom stereocenters. The van der Waals surface area contributed by atoms with Gasteiger partial charge < -0.3 is 9.47 Å². The van der Waals surface area contributed by atoms with E-state index in [2.05, 4.69) is 17.9 Å². The molecule has 0 atom stereocenters. The van der Waals surface area contributed by atoms with Crippen LogP contribution in [-0.4, -0.2) is 13.7 Å². The van der Waals surface area contributed by atoms with E-state index >= 15 is 0 Å². The molecule has 0 aromatic carbocycles. The third-order valence-electron chi connectivity index (χ3n) is 1.70. The maximum absolute atomic E-state index is 13.2. The topological polar surface area (TPSA) is 18.5 Å². The summed E-state index contributed by atoms with van der Waals surface area (Å²) in [5.41, 5.74) is 0. The van der Waals surface area contributed by atoms with Gasteiger partial charge in [0.05, 0.1) is 13.7 Å². The van der Waals surface area contributed by atoms with Crippen LogP contribution in [0.4, 0.5) is 8.78 Å². The molecule has 0 radical (unpaired) electrons. The standard InChI is InChI=1S/C11H16F2O2/c1-5-6-7-15-9(3)11(13)10(12)8(2)14-4/h2-3,5-7H2,1,4H3/b11-10-. The van der Waals surface area contributed by atoms with Crippen LogP contribution in [0.1, 0.15) is 19.8 Å². The van der Waals surface area contributed by atoms with Gasteiger partial charge in [0.25, 0.3) is 0 Å². The van der Waals surface area contributed by atoms with E-state index in [0.29, 0.717) is 6.61 Å². The smallest absolute Gasteiger partial charge is 0.203 e. The minimum Gasteiger partial charge on any atom is -0.494 e. The van der Waals surface area contributed by atoms with Crippen molar-refractivity contribution in [2.45, 2.75) is 19.8 Å². The lowest BCUT2D eigenvalue weighted by Crippen LogP contribution is -1.97. The minimum atomic E-state index is -1.18. The number of ether oxygens (including phenoxy) is 2. The molecule has 0 amide bonds. The number of hydrogen-bond acceptors (Lipinski definition) is 2. The summed E-state index contributed by atoms with van der Waals surface area (Å²) in [7, 11) is 1.20. The summed E-state index contributed by atoms with van der Waals surface area (Å²) in [5.74, 6) is -3.07. The van der Waals surface area contributed by atoms with Crippen LogP contribution in [0.5, 0.6) is 0 Å². The number of hydrogen-bond donors (Lipinski definition) is 0. The van der Waals surface area contributed by atoms with Crippen LogP contribution in [-0.2, 0) is 9.47 Å². The van der Waals surface area contributed by atoms with Crippen LogP contribution in [0.25, 0.3) is 0 Å². The first-order chi connectivity index (χ1) is 7.04. The fourth-order valence-electron chi connectivity index (χ4n) is 0.737. The van der Waals surface area contributed by atoms with E-state index in [9.17, 15) is 8.78 Å². The number of methoxy groups -OCH3 is 1. The molecule has 86 valence electrons. The summed E-state index contributed by atoms with van der Waals surface area (Å²) in [5, 5.41) is 0. The average molecular weight is 218 g/mol. The Balaban J connectivity index is 4.35. The molecular formula is C11H16F2O2. The SMILES string of the molecule is C=C(OC)/C(F)=C(/F)C(=C)OCCCC. The molecule has 0 aromatic heterocycles. The van der Waals surface area contributed by atoms with Crippen LogP contribution in [0.2, 0.25) is 0 Å². The van der Waals surface area contributed by atoms with Gasteiger partial charge in [-0.15, -0.1) is 0 Å². The van der Waals surface area contributed by atoms with Gasteiger partial charge in [0, 0.05) is 0 Å². The molecule has 2 nitrogen and oxygen atoms in total. The lowest BCUT2D eigenvalue weighted by atomic mass is 10.3. The molecule has 0 aliphatic carbocycles. The van der Waals surface area contributed by atoms with Crippen molar-refractivity contribution in [1.82, 2.24) is 0 Å². The Morgan fingerprint density at radius 1 is 1.13 bits per heavy atom. The molecule has 4 heteroatoms. The second-order valence-corrected chi connectivity index (χ2v) is 2.88. The largest absolute Gasteiger partial charge is 0.494 e. The maximum atomic E-state index is 13.2. The molecule has 0 rings (SSSR count). The zero-order valence-corrected chi connectivity index (χ0v) is 9.11. The average Bonchev–Trinajstić information content (AvgIpc) is 2.26. The zero-order chi connectivity index (χ0) is 11.8. The molecule has 15 heavy (non-hydrogen) atoms. The van der Waals surface area contributed by atoms with E-state index in [4.69, 9.17) is 4.74 Å². The summed E-state index contributed by atoms with van der Waals surface area (Å²) >= 11 is 0. The monoisotopic (exact) mass is 218 g/mol. The Labute approximate surface area is 88.9 Å². The first kappa shape index (κ1) is 13.7. The summed E-state index contributed by atoms with van der Waals surface area (Å²) in [6, 6.07) is 0. The number of unbranched alkanes of at least 4 members (excludes halogenated alkanes) is 1. The predicted molar refractivity (Wildman–Crippen MR) is 55.4 cm³/mol. The lowest BCUT2D eigenvalue weighted by molar-refractivity contribution is 0.200. The summed E-state index contributed by atoms with van der Waals surface area (Å²) in [6.07, 6.45) is 1.67. The highest BCUT2D eigenvalue weighted by Gasteiger charge is 2.14. The van der Waals surface area contributed by atoms with Crippen molar-refractivity contribution in [2.75, 3.05) is 13.7 Å². The Bertz CT molecular complexity index is 270. The van der Waals surface area contributed by atoms with Crippen LogP contribution < -0.4 is 0 Å². The third-order valence-corrected chi connectivity index (χ3v) is 1.70. The Hall–Kier alpha value is -1.32. The van der Waals surface area contributed by atoms with Gasteiger partial charge in [-0.2, -0.15) is 8.78 Å². The zero-order valence-electron chi connectivity index (χ0n) is 9.11. The molecular weight excluding hydrogens is 202 g/mol. The van der Waals surface area contributed by atoms with Crippen molar-refractivity contribution in [3.8, 4) is 0 Å². The van der Waals surface area contributed by atoms with Gasteiger partial charge in [0.1, 0.15) is 0 Å². The van der Waals surface area contributed by atoms with E-state index in [1.165, 1.54) is 7.11 Å². The van der Waals surface area contributed by atoms with Gasteiger partial charge in [-0.05, 0) is 6.42 Å². The highest BCUT2D eigenvalue weighted by molar-refractivity contribution is 5.29.